The maximum Gasteiger partial charge on any atom is 0.273 e. The van der Waals surface area contributed by atoms with E-state index >= 15 is 0 Å². The zero-order valence-electron chi connectivity index (χ0n) is 18.4. The number of hydrogen-bond acceptors (Lipinski definition) is 6. The van der Waals surface area contributed by atoms with E-state index in [0.717, 1.165) is 49.3 Å². The van der Waals surface area contributed by atoms with Gasteiger partial charge < -0.3 is 20.1 Å². The summed E-state index contributed by atoms with van der Waals surface area (Å²) in [5.74, 6) is 1.94. The normalized spacial score (nSPS) is 19.0. The van der Waals surface area contributed by atoms with Crippen LogP contribution in [0.5, 0.6) is 11.5 Å². The Kier molecular flexibility index (Phi) is 7.68. The van der Waals surface area contributed by atoms with Crippen LogP contribution in [-0.2, 0) is 6.54 Å². The molecule has 0 atom stereocenters. The number of carbonyl (C=O) groups excluding carboxylic acids is 1. The molecule has 1 saturated carbocycles. The molecule has 2 N–H and O–H groups in total. The summed E-state index contributed by atoms with van der Waals surface area (Å²) in [6, 6.07) is 6.58. The molecule has 1 aliphatic rings. The summed E-state index contributed by atoms with van der Waals surface area (Å²) in [5.41, 5.74) is 1.48. The van der Waals surface area contributed by atoms with E-state index in [4.69, 9.17) is 9.47 Å². The number of methoxy groups -OCH3 is 2. The van der Waals surface area contributed by atoms with Crippen molar-refractivity contribution in [3.63, 3.8) is 0 Å². The number of hydrogen-bond donors (Lipinski definition) is 2. The molecule has 30 heavy (non-hydrogen) atoms. The number of amides is 1. The molecule has 0 aliphatic heterocycles. The van der Waals surface area contributed by atoms with Gasteiger partial charge in [-0.25, -0.2) is 4.68 Å². The number of nitrogens with zero attached hydrogens (tertiary/aromatic N) is 3. The van der Waals surface area contributed by atoms with Gasteiger partial charge in [-0.1, -0.05) is 19.1 Å². The standard InChI is InChI=1S/C22H33N5O3/c1-15(2)12-24-22(28)20-14-27(26-25-20)18-7-5-17(6-8-18)23-13-16-11-19(29-3)9-10-21(16)30-4/h9-11,14-15,17-18,23H,5-8,12-13H2,1-4H3,(H,24,28). The Hall–Kier alpha value is -2.61. The van der Waals surface area contributed by atoms with E-state index in [-0.39, 0.29) is 11.9 Å². The largest absolute Gasteiger partial charge is 0.497 e. The fourth-order valence-corrected chi connectivity index (χ4v) is 3.77. The van der Waals surface area contributed by atoms with Crippen LogP contribution in [0.3, 0.4) is 0 Å². The Labute approximate surface area is 178 Å². The molecule has 8 heteroatoms. The first-order chi connectivity index (χ1) is 14.5. The Morgan fingerprint density at radius 2 is 1.97 bits per heavy atom. The predicted molar refractivity (Wildman–Crippen MR) is 115 cm³/mol. The summed E-state index contributed by atoms with van der Waals surface area (Å²) in [5, 5.41) is 14.8. The van der Waals surface area contributed by atoms with Gasteiger partial charge >= 0.3 is 0 Å². The number of rotatable bonds is 9. The zero-order valence-corrected chi connectivity index (χ0v) is 18.4. The minimum Gasteiger partial charge on any atom is -0.497 e. The van der Waals surface area contributed by atoms with Crippen molar-refractivity contribution in [2.45, 2.75) is 58.2 Å². The van der Waals surface area contributed by atoms with E-state index in [0.29, 0.717) is 24.2 Å². The number of aromatic nitrogens is 3. The van der Waals surface area contributed by atoms with Crippen LogP contribution in [0.15, 0.2) is 24.4 Å². The molecule has 1 aliphatic carbocycles. The molecule has 164 valence electrons. The molecule has 1 amide bonds. The van der Waals surface area contributed by atoms with Crippen molar-refractivity contribution in [3.8, 4) is 11.5 Å². The topological polar surface area (TPSA) is 90.3 Å². The van der Waals surface area contributed by atoms with E-state index in [1.165, 1.54) is 0 Å². The fraction of sp³-hybridized carbons (Fsp3) is 0.591. The summed E-state index contributed by atoms with van der Waals surface area (Å²) in [4.78, 5) is 12.2. The van der Waals surface area contributed by atoms with Crippen molar-refractivity contribution in [3.05, 3.63) is 35.7 Å². The third-order valence-electron chi connectivity index (χ3n) is 5.55. The van der Waals surface area contributed by atoms with Crippen molar-refractivity contribution in [2.75, 3.05) is 20.8 Å². The smallest absolute Gasteiger partial charge is 0.273 e. The molecular formula is C22H33N5O3. The molecule has 1 aromatic heterocycles. The van der Waals surface area contributed by atoms with Gasteiger partial charge in [0.25, 0.3) is 5.91 Å². The summed E-state index contributed by atoms with van der Waals surface area (Å²) < 4.78 is 12.6. The molecule has 0 saturated heterocycles. The lowest BCUT2D eigenvalue weighted by Crippen LogP contribution is -2.33. The van der Waals surface area contributed by atoms with Crippen LogP contribution in [-0.4, -0.2) is 47.7 Å². The average molecular weight is 416 g/mol. The Balaban J connectivity index is 1.49. The van der Waals surface area contributed by atoms with E-state index in [9.17, 15) is 4.79 Å². The van der Waals surface area contributed by atoms with Gasteiger partial charge in [0.15, 0.2) is 5.69 Å². The summed E-state index contributed by atoms with van der Waals surface area (Å²) in [6.07, 6.45) is 5.87. The molecule has 0 spiro atoms. The number of ether oxygens (including phenoxy) is 2. The highest BCUT2D eigenvalue weighted by molar-refractivity contribution is 5.91. The van der Waals surface area contributed by atoms with Gasteiger partial charge in [-0.15, -0.1) is 5.10 Å². The van der Waals surface area contributed by atoms with Crippen LogP contribution >= 0.6 is 0 Å². The summed E-state index contributed by atoms with van der Waals surface area (Å²) in [7, 11) is 3.36. The molecule has 0 bridgehead atoms. The Morgan fingerprint density at radius 3 is 2.63 bits per heavy atom. The number of carbonyl (C=O) groups is 1. The maximum absolute atomic E-state index is 12.2. The SMILES string of the molecule is COc1ccc(OC)c(CNC2CCC(n3cc(C(=O)NCC(C)C)nn3)CC2)c1. The van der Waals surface area contributed by atoms with Crippen molar-refractivity contribution in [1.29, 1.82) is 0 Å². The average Bonchev–Trinajstić information content (AvgIpc) is 3.26. The van der Waals surface area contributed by atoms with Crippen LogP contribution in [0, 0.1) is 5.92 Å². The third kappa shape index (κ3) is 5.72. The molecule has 3 rings (SSSR count). The minimum atomic E-state index is -0.155. The second-order valence-electron chi connectivity index (χ2n) is 8.25. The number of benzene rings is 1. The molecule has 1 fully saturated rings. The molecule has 8 nitrogen and oxygen atoms in total. The van der Waals surface area contributed by atoms with Crippen LogP contribution in [0.1, 0.15) is 61.6 Å². The van der Waals surface area contributed by atoms with E-state index in [2.05, 4.69) is 34.8 Å². The molecule has 1 heterocycles. The van der Waals surface area contributed by atoms with Gasteiger partial charge in [0.05, 0.1) is 26.5 Å². The Morgan fingerprint density at radius 1 is 1.20 bits per heavy atom. The predicted octanol–water partition coefficient (Wildman–Crippen LogP) is 2.95. The lowest BCUT2D eigenvalue weighted by molar-refractivity contribution is 0.0944. The van der Waals surface area contributed by atoms with Crippen LogP contribution in [0.25, 0.3) is 0 Å². The molecule has 0 unspecified atom stereocenters. The summed E-state index contributed by atoms with van der Waals surface area (Å²) in [6.45, 7) is 5.50. The van der Waals surface area contributed by atoms with Gasteiger partial charge in [0, 0.05) is 24.7 Å². The minimum absolute atomic E-state index is 0.155. The second kappa shape index (κ2) is 10.4. The van der Waals surface area contributed by atoms with Crippen LogP contribution in [0.4, 0.5) is 0 Å². The van der Waals surface area contributed by atoms with Crippen molar-refractivity contribution in [1.82, 2.24) is 25.6 Å². The molecule has 1 aromatic carbocycles. The highest BCUT2D eigenvalue weighted by Crippen LogP contribution is 2.29. The maximum atomic E-state index is 12.2. The monoisotopic (exact) mass is 415 g/mol. The van der Waals surface area contributed by atoms with Gasteiger partial charge in [0.2, 0.25) is 0 Å². The van der Waals surface area contributed by atoms with Crippen molar-refractivity contribution >= 4 is 5.91 Å². The highest BCUT2D eigenvalue weighted by atomic mass is 16.5. The summed E-state index contributed by atoms with van der Waals surface area (Å²) >= 11 is 0. The first-order valence-corrected chi connectivity index (χ1v) is 10.6. The first kappa shape index (κ1) is 22.1. The number of nitrogens with one attached hydrogen (secondary N) is 2. The van der Waals surface area contributed by atoms with Gasteiger partial charge in [-0.3, -0.25) is 4.79 Å². The lowest BCUT2D eigenvalue weighted by Gasteiger charge is -2.29. The first-order valence-electron chi connectivity index (χ1n) is 10.6. The van der Waals surface area contributed by atoms with Crippen LogP contribution in [0.2, 0.25) is 0 Å². The quantitative estimate of drug-likeness (QED) is 0.654. The zero-order chi connectivity index (χ0) is 21.5. The molecular weight excluding hydrogens is 382 g/mol. The Bertz CT molecular complexity index is 828. The highest BCUT2D eigenvalue weighted by Gasteiger charge is 2.24. The second-order valence-corrected chi connectivity index (χ2v) is 8.25. The van der Waals surface area contributed by atoms with Crippen molar-refractivity contribution < 1.29 is 14.3 Å². The fourth-order valence-electron chi connectivity index (χ4n) is 3.77. The van der Waals surface area contributed by atoms with Crippen LogP contribution < -0.4 is 20.1 Å². The van der Waals surface area contributed by atoms with E-state index in [1.54, 1.807) is 20.4 Å². The van der Waals surface area contributed by atoms with Gasteiger partial charge in [-0.2, -0.15) is 0 Å². The molecule has 2 aromatic rings. The van der Waals surface area contributed by atoms with E-state index in [1.807, 2.05) is 22.9 Å². The molecule has 0 radical (unpaired) electrons. The van der Waals surface area contributed by atoms with Gasteiger partial charge in [0.1, 0.15) is 11.5 Å². The van der Waals surface area contributed by atoms with Gasteiger partial charge in [-0.05, 0) is 49.8 Å². The van der Waals surface area contributed by atoms with E-state index < -0.39 is 0 Å². The van der Waals surface area contributed by atoms with Crippen molar-refractivity contribution in [2.24, 2.45) is 5.92 Å². The lowest BCUT2D eigenvalue weighted by atomic mass is 9.91. The third-order valence-corrected chi connectivity index (χ3v) is 5.55.